The number of hydrogen-bond acceptors (Lipinski definition) is 1. The van der Waals surface area contributed by atoms with Crippen molar-refractivity contribution in [2.75, 3.05) is 0 Å². The van der Waals surface area contributed by atoms with Gasteiger partial charge in [-0.05, 0) is 36.0 Å². The largest absolute Gasteiger partial charge is 0.327 e. The standard InChI is InChI=1S/C12H15BrFN/c1-2-8-10(6-12(8)15)9-4-3-7(14)5-11(9)13/h3-5,8,10,12H,2,6,15H2,1H3. The lowest BCUT2D eigenvalue weighted by Crippen LogP contribution is -2.45. The van der Waals surface area contributed by atoms with Gasteiger partial charge in [0.25, 0.3) is 0 Å². The number of benzene rings is 1. The third-order valence-electron chi connectivity index (χ3n) is 3.43. The molecule has 1 nitrogen and oxygen atoms in total. The number of nitrogens with two attached hydrogens (primary N) is 1. The highest BCUT2D eigenvalue weighted by Crippen LogP contribution is 2.45. The molecule has 1 aliphatic carbocycles. The van der Waals surface area contributed by atoms with Crippen molar-refractivity contribution >= 4 is 15.9 Å². The first-order valence-corrected chi connectivity index (χ1v) is 6.13. The van der Waals surface area contributed by atoms with E-state index in [0.29, 0.717) is 17.9 Å². The molecule has 1 aliphatic rings. The Labute approximate surface area is 98.0 Å². The van der Waals surface area contributed by atoms with Crippen molar-refractivity contribution in [3.8, 4) is 0 Å². The third-order valence-corrected chi connectivity index (χ3v) is 4.11. The maximum absolute atomic E-state index is 12.9. The second-order valence-electron chi connectivity index (χ2n) is 4.24. The van der Waals surface area contributed by atoms with E-state index in [1.54, 1.807) is 0 Å². The average Bonchev–Trinajstić information content (AvgIpc) is 2.16. The van der Waals surface area contributed by atoms with E-state index >= 15 is 0 Å². The van der Waals surface area contributed by atoms with Gasteiger partial charge in [-0.1, -0.05) is 35.3 Å². The van der Waals surface area contributed by atoms with Crippen molar-refractivity contribution in [1.29, 1.82) is 0 Å². The van der Waals surface area contributed by atoms with Crippen LogP contribution in [0.3, 0.4) is 0 Å². The molecule has 2 rings (SSSR count). The molecule has 1 aromatic carbocycles. The molecule has 0 saturated heterocycles. The molecule has 0 bridgehead atoms. The SMILES string of the molecule is CCC1C(N)CC1c1ccc(F)cc1Br. The predicted octanol–water partition coefficient (Wildman–Crippen LogP) is 3.43. The normalized spacial score (nSPS) is 30.0. The van der Waals surface area contributed by atoms with Gasteiger partial charge in [-0.15, -0.1) is 0 Å². The first-order valence-electron chi connectivity index (χ1n) is 5.34. The smallest absolute Gasteiger partial charge is 0.124 e. The van der Waals surface area contributed by atoms with Crippen molar-refractivity contribution in [2.24, 2.45) is 11.7 Å². The molecule has 3 unspecified atom stereocenters. The van der Waals surface area contributed by atoms with Gasteiger partial charge in [0.2, 0.25) is 0 Å². The van der Waals surface area contributed by atoms with Gasteiger partial charge in [0.05, 0.1) is 0 Å². The van der Waals surface area contributed by atoms with Gasteiger partial charge in [0.15, 0.2) is 0 Å². The van der Waals surface area contributed by atoms with Gasteiger partial charge in [0.1, 0.15) is 5.82 Å². The molecule has 1 fully saturated rings. The fourth-order valence-electron chi connectivity index (χ4n) is 2.49. The summed E-state index contributed by atoms with van der Waals surface area (Å²) in [6.07, 6.45) is 2.11. The Balaban J connectivity index is 2.23. The molecule has 0 spiro atoms. The van der Waals surface area contributed by atoms with E-state index in [1.165, 1.54) is 17.7 Å². The Morgan fingerprint density at radius 1 is 1.53 bits per heavy atom. The van der Waals surface area contributed by atoms with Crippen LogP contribution in [0.15, 0.2) is 22.7 Å². The van der Waals surface area contributed by atoms with E-state index in [2.05, 4.69) is 22.9 Å². The summed E-state index contributed by atoms with van der Waals surface area (Å²) >= 11 is 3.42. The number of halogens is 2. The van der Waals surface area contributed by atoms with E-state index < -0.39 is 0 Å². The molecule has 1 aromatic rings. The third kappa shape index (κ3) is 1.95. The summed E-state index contributed by atoms with van der Waals surface area (Å²) in [6.45, 7) is 2.16. The summed E-state index contributed by atoms with van der Waals surface area (Å²) in [5.41, 5.74) is 7.15. The topological polar surface area (TPSA) is 26.0 Å². The monoisotopic (exact) mass is 271 g/mol. The molecule has 0 aliphatic heterocycles. The molecule has 0 heterocycles. The molecule has 82 valence electrons. The van der Waals surface area contributed by atoms with Crippen LogP contribution in [0.25, 0.3) is 0 Å². The van der Waals surface area contributed by atoms with Crippen molar-refractivity contribution in [3.05, 3.63) is 34.1 Å². The van der Waals surface area contributed by atoms with Crippen LogP contribution in [0.5, 0.6) is 0 Å². The van der Waals surface area contributed by atoms with Crippen molar-refractivity contribution < 1.29 is 4.39 Å². The molecular formula is C12H15BrFN. The van der Waals surface area contributed by atoms with Crippen molar-refractivity contribution in [3.63, 3.8) is 0 Å². The summed E-state index contributed by atoms with van der Waals surface area (Å²) in [5, 5.41) is 0. The van der Waals surface area contributed by atoms with Crippen LogP contribution in [0, 0.1) is 11.7 Å². The highest BCUT2D eigenvalue weighted by Gasteiger charge is 2.38. The van der Waals surface area contributed by atoms with Gasteiger partial charge >= 0.3 is 0 Å². The molecule has 0 aromatic heterocycles. The maximum Gasteiger partial charge on any atom is 0.124 e. The van der Waals surface area contributed by atoms with Crippen LogP contribution in [-0.4, -0.2) is 6.04 Å². The van der Waals surface area contributed by atoms with E-state index in [0.717, 1.165) is 17.3 Å². The lowest BCUT2D eigenvalue weighted by molar-refractivity contribution is 0.198. The van der Waals surface area contributed by atoms with Gasteiger partial charge in [-0.25, -0.2) is 4.39 Å². The minimum atomic E-state index is -0.192. The average molecular weight is 272 g/mol. The van der Waals surface area contributed by atoms with Crippen LogP contribution >= 0.6 is 15.9 Å². The lowest BCUT2D eigenvalue weighted by atomic mass is 9.65. The minimum Gasteiger partial charge on any atom is -0.327 e. The summed E-state index contributed by atoms with van der Waals surface area (Å²) in [5.74, 6) is 0.856. The van der Waals surface area contributed by atoms with Crippen molar-refractivity contribution in [2.45, 2.75) is 31.7 Å². The summed E-state index contributed by atoms with van der Waals surface area (Å²) in [4.78, 5) is 0. The second-order valence-corrected chi connectivity index (χ2v) is 5.10. The van der Waals surface area contributed by atoms with E-state index in [9.17, 15) is 4.39 Å². The minimum absolute atomic E-state index is 0.192. The fourth-order valence-corrected chi connectivity index (χ4v) is 3.14. The quantitative estimate of drug-likeness (QED) is 0.877. The highest BCUT2D eigenvalue weighted by atomic mass is 79.9. The fraction of sp³-hybridized carbons (Fsp3) is 0.500. The van der Waals surface area contributed by atoms with Crippen LogP contribution in [0.2, 0.25) is 0 Å². The highest BCUT2D eigenvalue weighted by molar-refractivity contribution is 9.10. The van der Waals surface area contributed by atoms with Gasteiger partial charge < -0.3 is 5.73 Å². The summed E-state index contributed by atoms with van der Waals surface area (Å²) in [6, 6.07) is 5.25. The Morgan fingerprint density at radius 2 is 2.27 bits per heavy atom. The zero-order valence-corrected chi connectivity index (χ0v) is 10.3. The molecule has 0 radical (unpaired) electrons. The van der Waals surface area contributed by atoms with Crippen LogP contribution in [-0.2, 0) is 0 Å². The second kappa shape index (κ2) is 4.22. The molecular weight excluding hydrogens is 257 g/mol. The molecule has 0 amide bonds. The van der Waals surface area contributed by atoms with Crippen molar-refractivity contribution in [1.82, 2.24) is 0 Å². The van der Waals surface area contributed by atoms with E-state index in [4.69, 9.17) is 5.73 Å². The first kappa shape index (κ1) is 11.1. The molecule has 3 heteroatoms. The molecule has 3 atom stereocenters. The Kier molecular flexibility index (Phi) is 3.12. The number of rotatable bonds is 2. The Hall–Kier alpha value is -0.410. The summed E-state index contributed by atoms with van der Waals surface area (Å²) in [7, 11) is 0. The first-order chi connectivity index (χ1) is 7.13. The molecule has 1 saturated carbocycles. The van der Waals surface area contributed by atoms with Gasteiger partial charge in [-0.2, -0.15) is 0 Å². The number of hydrogen-bond donors (Lipinski definition) is 1. The zero-order chi connectivity index (χ0) is 11.0. The maximum atomic E-state index is 12.9. The van der Waals surface area contributed by atoms with E-state index in [1.807, 2.05) is 6.07 Å². The van der Waals surface area contributed by atoms with Crippen LogP contribution < -0.4 is 5.73 Å². The van der Waals surface area contributed by atoms with Gasteiger partial charge in [-0.3, -0.25) is 0 Å². The predicted molar refractivity (Wildman–Crippen MR) is 63.2 cm³/mol. The van der Waals surface area contributed by atoms with Crippen LogP contribution in [0.1, 0.15) is 31.2 Å². The Morgan fingerprint density at radius 3 is 2.80 bits per heavy atom. The lowest BCUT2D eigenvalue weighted by Gasteiger charge is -2.43. The zero-order valence-electron chi connectivity index (χ0n) is 8.71. The summed E-state index contributed by atoms with van der Waals surface area (Å²) < 4.78 is 13.8. The molecule has 2 N–H and O–H groups in total. The molecule has 15 heavy (non-hydrogen) atoms. The van der Waals surface area contributed by atoms with Crippen LogP contribution in [0.4, 0.5) is 4.39 Å². The van der Waals surface area contributed by atoms with Gasteiger partial charge in [0, 0.05) is 10.5 Å². The Bertz CT molecular complexity index is 367. The van der Waals surface area contributed by atoms with E-state index in [-0.39, 0.29) is 5.82 Å².